The molecule has 0 bridgehead atoms. The first-order valence-corrected chi connectivity index (χ1v) is 7.76. The molecular formula is C19H22N2O4. The van der Waals surface area contributed by atoms with Crippen molar-refractivity contribution < 1.29 is 19.9 Å². The summed E-state index contributed by atoms with van der Waals surface area (Å²) in [6, 6.07) is 14.4. The third kappa shape index (κ3) is 5.34. The van der Waals surface area contributed by atoms with E-state index in [1.807, 2.05) is 48.5 Å². The van der Waals surface area contributed by atoms with E-state index >= 15 is 0 Å². The number of benzene rings is 2. The zero-order valence-electron chi connectivity index (χ0n) is 14.2. The van der Waals surface area contributed by atoms with Crippen molar-refractivity contribution in [1.82, 2.24) is 5.48 Å². The molecule has 0 fully saturated rings. The maximum atomic E-state index is 9.44. The Bertz CT molecular complexity index is 709. The highest BCUT2D eigenvalue weighted by atomic mass is 16.5. The molecule has 6 heteroatoms. The standard InChI is InChI=1S/C19H22N2O4/c1-24-16-8-3-14(4-9-16)7-12-18(20-22)19(21-23)13-15-5-10-17(25-2)11-6-15/h3-12,19,21-23H,13H2,1-2H3/b12-7+,20-18-. The topological polar surface area (TPSA) is 83.3 Å². The molecule has 0 aliphatic heterocycles. The first-order chi connectivity index (χ1) is 12.2. The number of hydroxylamine groups is 1. The minimum atomic E-state index is -0.548. The zero-order chi connectivity index (χ0) is 18.1. The van der Waals surface area contributed by atoms with Gasteiger partial charge >= 0.3 is 0 Å². The minimum Gasteiger partial charge on any atom is -0.497 e. The average molecular weight is 342 g/mol. The summed E-state index contributed by atoms with van der Waals surface area (Å²) in [5, 5.41) is 22.0. The van der Waals surface area contributed by atoms with Crippen LogP contribution in [0.5, 0.6) is 11.5 Å². The Labute approximate surface area is 147 Å². The molecule has 0 heterocycles. The van der Waals surface area contributed by atoms with Crippen LogP contribution in [0.15, 0.2) is 59.8 Å². The molecule has 0 amide bonds. The molecule has 1 atom stereocenters. The van der Waals surface area contributed by atoms with E-state index in [2.05, 4.69) is 10.6 Å². The second-order valence-corrected chi connectivity index (χ2v) is 5.37. The largest absolute Gasteiger partial charge is 0.497 e. The monoisotopic (exact) mass is 342 g/mol. The molecule has 2 aromatic carbocycles. The number of methoxy groups -OCH3 is 2. The predicted octanol–water partition coefficient (Wildman–Crippen LogP) is 3.14. The molecule has 1 unspecified atom stereocenters. The normalized spacial score (nSPS) is 13.0. The van der Waals surface area contributed by atoms with Gasteiger partial charge in [0.1, 0.15) is 11.5 Å². The van der Waals surface area contributed by atoms with Crippen LogP contribution < -0.4 is 15.0 Å². The Morgan fingerprint density at radius 3 is 2.08 bits per heavy atom. The fraction of sp³-hybridized carbons (Fsp3) is 0.211. The maximum absolute atomic E-state index is 9.44. The summed E-state index contributed by atoms with van der Waals surface area (Å²) in [5.41, 5.74) is 4.39. The van der Waals surface area contributed by atoms with Gasteiger partial charge in [0.25, 0.3) is 0 Å². The quantitative estimate of drug-likeness (QED) is 0.390. The minimum absolute atomic E-state index is 0.314. The van der Waals surface area contributed by atoms with Gasteiger partial charge in [0.05, 0.1) is 26.0 Å². The van der Waals surface area contributed by atoms with Crippen molar-refractivity contribution in [2.75, 3.05) is 14.2 Å². The zero-order valence-corrected chi connectivity index (χ0v) is 14.2. The van der Waals surface area contributed by atoms with Crippen LogP contribution in [0.25, 0.3) is 6.08 Å². The second kappa shape index (κ2) is 9.46. The lowest BCUT2D eigenvalue weighted by atomic mass is 10.0. The molecule has 0 saturated carbocycles. The van der Waals surface area contributed by atoms with Crippen LogP contribution in [0.2, 0.25) is 0 Å². The van der Waals surface area contributed by atoms with Crippen LogP contribution in [0.3, 0.4) is 0 Å². The van der Waals surface area contributed by atoms with Crippen molar-refractivity contribution in [3.8, 4) is 11.5 Å². The van der Waals surface area contributed by atoms with Gasteiger partial charge in [-0.3, -0.25) is 0 Å². The van der Waals surface area contributed by atoms with E-state index < -0.39 is 6.04 Å². The SMILES string of the molecule is COc1ccc(/C=C/C(=N/O)C(Cc2ccc(OC)cc2)NO)cc1. The highest BCUT2D eigenvalue weighted by Gasteiger charge is 2.14. The number of oxime groups is 1. The first kappa shape index (κ1) is 18.5. The van der Waals surface area contributed by atoms with Crippen LogP contribution in [-0.2, 0) is 6.42 Å². The molecule has 0 aromatic heterocycles. The molecule has 2 rings (SSSR count). The lowest BCUT2D eigenvalue weighted by Gasteiger charge is -2.14. The summed E-state index contributed by atoms with van der Waals surface area (Å²) < 4.78 is 10.2. The molecule has 0 radical (unpaired) electrons. The van der Waals surface area contributed by atoms with Crippen molar-refractivity contribution >= 4 is 11.8 Å². The number of ether oxygens (including phenoxy) is 2. The Balaban J connectivity index is 2.08. The highest BCUT2D eigenvalue weighted by molar-refractivity contribution is 6.01. The molecule has 2 aromatic rings. The number of nitrogens with one attached hydrogen (secondary N) is 1. The van der Waals surface area contributed by atoms with Gasteiger partial charge < -0.3 is 19.9 Å². The van der Waals surface area contributed by atoms with Gasteiger partial charge in [-0.1, -0.05) is 35.5 Å². The van der Waals surface area contributed by atoms with Crippen molar-refractivity contribution in [3.63, 3.8) is 0 Å². The fourth-order valence-electron chi connectivity index (χ4n) is 2.33. The van der Waals surface area contributed by atoms with Gasteiger partial charge in [0, 0.05) is 0 Å². The third-order valence-electron chi connectivity index (χ3n) is 3.79. The molecule has 0 aliphatic rings. The molecule has 3 N–H and O–H groups in total. The molecular weight excluding hydrogens is 320 g/mol. The highest BCUT2D eigenvalue weighted by Crippen LogP contribution is 2.15. The molecule has 25 heavy (non-hydrogen) atoms. The van der Waals surface area contributed by atoms with Crippen LogP contribution in [0, 0.1) is 0 Å². The second-order valence-electron chi connectivity index (χ2n) is 5.37. The number of nitrogens with zero attached hydrogens (tertiary/aromatic N) is 1. The summed E-state index contributed by atoms with van der Waals surface area (Å²) in [5.74, 6) is 1.52. The van der Waals surface area contributed by atoms with E-state index in [0.29, 0.717) is 12.1 Å². The first-order valence-electron chi connectivity index (χ1n) is 7.76. The van der Waals surface area contributed by atoms with Crippen LogP contribution >= 0.6 is 0 Å². The predicted molar refractivity (Wildman–Crippen MR) is 96.7 cm³/mol. The molecule has 0 aliphatic carbocycles. The number of hydrogen-bond donors (Lipinski definition) is 3. The van der Waals surface area contributed by atoms with Crippen LogP contribution in [0.4, 0.5) is 0 Å². The van der Waals surface area contributed by atoms with Crippen LogP contribution in [0.1, 0.15) is 11.1 Å². The van der Waals surface area contributed by atoms with E-state index in [0.717, 1.165) is 22.6 Å². The molecule has 0 spiro atoms. The molecule has 132 valence electrons. The third-order valence-corrected chi connectivity index (χ3v) is 3.79. The molecule has 0 saturated heterocycles. The number of hydrogen-bond acceptors (Lipinski definition) is 6. The van der Waals surface area contributed by atoms with Gasteiger partial charge in [-0.05, 0) is 47.9 Å². The average Bonchev–Trinajstić information content (AvgIpc) is 2.68. The smallest absolute Gasteiger partial charge is 0.118 e. The lowest BCUT2D eigenvalue weighted by Crippen LogP contribution is -2.35. The Morgan fingerprint density at radius 2 is 1.60 bits per heavy atom. The molecule has 6 nitrogen and oxygen atoms in total. The summed E-state index contributed by atoms with van der Waals surface area (Å²) in [7, 11) is 3.21. The van der Waals surface area contributed by atoms with Gasteiger partial charge in [-0.15, -0.1) is 0 Å². The lowest BCUT2D eigenvalue weighted by molar-refractivity contribution is 0.148. The van der Waals surface area contributed by atoms with Crippen molar-refractivity contribution in [2.45, 2.75) is 12.5 Å². The number of rotatable bonds is 8. The summed E-state index contributed by atoms with van der Waals surface area (Å²) in [6.45, 7) is 0. The van der Waals surface area contributed by atoms with Crippen LogP contribution in [-0.4, -0.2) is 36.4 Å². The van der Waals surface area contributed by atoms with Crippen molar-refractivity contribution in [1.29, 1.82) is 0 Å². The fourth-order valence-corrected chi connectivity index (χ4v) is 2.33. The Hall–Kier alpha value is -2.83. The Kier molecular flexibility index (Phi) is 7.00. The Morgan fingerprint density at radius 1 is 1.04 bits per heavy atom. The van der Waals surface area contributed by atoms with Crippen molar-refractivity contribution in [2.24, 2.45) is 5.16 Å². The van der Waals surface area contributed by atoms with Gasteiger partial charge in [0.2, 0.25) is 0 Å². The maximum Gasteiger partial charge on any atom is 0.118 e. The van der Waals surface area contributed by atoms with Gasteiger partial charge in [0.15, 0.2) is 0 Å². The summed E-state index contributed by atoms with van der Waals surface area (Å²) in [6.07, 6.45) is 3.90. The van der Waals surface area contributed by atoms with Gasteiger partial charge in [-0.25, -0.2) is 0 Å². The van der Waals surface area contributed by atoms with Crippen molar-refractivity contribution in [3.05, 3.63) is 65.7 Å². The van der Waals surface area contributed by atoms with E-state index in [-0.39, 0.29) is 0 Å². The van der Waals surface area contributed by atoms with E-state index in [1.54, 1.807) is 26.4 Å². The van der Waals surface area contributed by atoms with E-state index in [9.17, 15) is 10.4 Å². The van der Waals surface area contributed by atoms with Gasteiger partial charge in [-0.2, -0.15) is 5.48 Å². The van der Waals surface area contributed by atoms with E-state index in [1.165, 1.54) is 0 Å². The van der Waals surface area contributed by atoms with E-state index in [4.69, 9.17) is 9.47 Å². The summed E-state index contributed by atoms with van der Waals surface area (Å²) >= 11 is 0. The summed E-state index contributed by atoms with van der Waals surface area (Å²) in [4.78, 5) is 0.